The largest absolute Gasteiger partial charge is 0.507 e. The van der Waals surface area contributed by atoms with E-state index in [1.165, 1.54) is 0 Å². The Kier molecular flexibility index (Phi) is 7.12. The molecule has 0 aliphatic rings. The highest BCUT2D eigenvalue weighted by molar-refractivity contribution is 7.99. The number of hydrazone groups is 1. The van der Waals surface area contributed by atoms with Crippen LogP contribution in [0.2, 0.25) is 0 Å². The molecule has 0 aliphatic heterocycles. The molecule has 0 fully saturated rings. The number of benzene rings is 1. The van der Waals surface area contributed by atoms with Crippen LogP contribution in [0, 0.1) is 0 Å². The van der Waals surface area contributed by atoms with Crippen LogP contribution >= 0.6 is 11.8 Å². The minimum atomic E-state index is -0.143. The molecule has 1 aromatic carbocycles. The first-order valence-electron chi connectivity index (χ1n) is 8.56. The molecule has 0 saturated carbocycles. The molecule has 4 nitrogen and oxygen atoms in total. The summed E-state index contributed by atoms with van der Waals surface area (Å²) in [6.45, 7) is 16.3. The Morgan fingerprint density at radius 1 is 1.08 bits per heavy atom. The van der Waals surface area contributed by atoms with Gasteiger partial charge in [0.15, 0.2) is 0 Å². The summed E-state index contributed by atoms with van der Waals surface area (Å²) in [7, 11) is 0. The van der Waals surface area contributed by atoms with E-state index in [1.54, 1.807) is 11.8 Å². The molecule has 1 aromatic rings. The van der Waals surface area contributed by atoms with Crippen molar-refractivity contribution in [1.29, 1.82) is 0 Å². The lowest BCUT2D eigenvalue weighted by molar-refractivity contribution is -0.118. The second-order valence-corrected chi connectivity index (χ2v) is 9.61. The number of phenolic OH excluding ortho intramolecular Hbond substituents is 1. The van der Waals surface area contributed by atoms with Gasteiger partial charge in [0.2, 0.25) is 5.91 Å². The molecule has 0 radical (unpaired) electrons. The molecule has 0 atom stereocenters. The fourth-order valence-corrected chi connectivity index (χ4v) is 3.14. The summed E-state index contributed by atoms with van der Waals surface area (Å²) in [5.74, 6) is 1.36. The van der Waals surface area contributed by atoms with Gasteiger partial charge in [-0.3, -0.25) is 4.79 Å². The number of carbonyl (C=O) groups is 1. The second kappa shape index (κ2) is 8.26. The van der Waals surface area contributed by atoms with Gasteiger partial charge in [-0.2, -0.15) is 5.10 Å². The summed E-state index contributed by atoms with van der Waals surface area (Å²) in [4.78, 5) is 11.8. The standard InChI is InChI=1S/C20H32N2O2S/c1-13(2)21-22-17(23)12-25-11-14-9-15(19(3,4)5)18(24)16(10-14)20(6,7)8/h9-10,24H,11-12H2,1-8H3,(H,22,23). The Morgan fingerprint density at radius 2 is 1.56 bits per heavy atom. The fraction of sp³-hybridized carbons (Fsp3) is 0.600. The van der Waals surface area contributed by atoms with E-state index in [2.05, 4.69) is 64.2 Å². The summed E-state index contributed by atoms with van der Waals surface area (Å²) in [6, 6.07) is 4.12. The van der Waals surface area contributed by atoms with Crippen molar-refractivity contribution >= 4 is 23.4 Å². The first kappa shape index (κ1) is 21.6. The number of nitrogens with zero attached hydrogens (tertiary/aromatic N) is 1. The third-order valence-corrected chi connectivity index (χ3v) is 4.70. The van der Waals surface area contributed by atoms with Crippen LogP contribution in [0.1, 0.15) is 72.1 Å². The van der Waals surface area contributed by atoms with Gasteiger partial charge in [-0.15, -0.1) is 11.8 Å². The van der Waals surface area contributed by atoms with Crippen molar-refractivity contribution in [2.75, 3.05) is 5.75 Å². The number of nitrogens with one attached hydrogen (secondary N) is 1. The Balaban J connectivity index is 2.97. The smallest absolute Gasteiger partial charge is 0.250 e. The predicted octanol–water partition coefficient (Wildman–Crippen LogP) is 4.73. The zero-order valence-corrected chi connectivity index (χ0v) is 17.6. The van der Waals surface area contributed by atoms with Crippen molar-refractivity contribution in [3.8, 4) is 5.75 Å². The first-order valence-corrected chi connectivity index (χ1v) is 9.72. The summed E-state index contributed by atoms with van der Waals surface area (Å²) < 4.78 is 0. The van der Waals surface area contributed by atoms with E-state index in [-0.39, 0.29) is 16.7 Å². The zero-order chi connectivity index (χ0) is 19.4. The van der Waals surface area contributed by atoms with E-state index >= 15 is 0 Å². The minimum Gasteiger partial charge on any atom is -0.507 e. The van der Waals surface area contributed by atoms with Crippen LogP contribution in [-0.2, 0) is 21.4 Å². The summed E-state index contributed by atoms with van der Waals surface area (Å²) >= 11 is 1.55. The van der Waals surface area contributed by atoms with Crippen LogP contribution in [0.15, 0.2) is 17.2 Å². The lowest BCUT2D eigenvalue weighted by Gasteiger charge is -2.28. The molecule has 2 N–H and O–H groups in total. The van der Waals surface area contributed by atoms with E-state index < -0.39 is 0 Å². The molecular weight excluding hydrogens is 332 g/mol. The molecular formula is C20H32N2O2S. The van der Waals surface area contributed by atoms with Crippen LogP contribution < -0.4 is 5.43 Å². The van der Waals surface area contributed by atoms with Gasteiger partial charge in [0.05, 0.1) is 5.75 Å². The molecule has 0 spiro atoms. The number of rotatable bonds is 5. The summed E-state index contributed by atoms with van der Waals surface area (Å²) in [6.07, 6.45) is 0. The lowest BCUT2D eigenvalue weighted by atomic mass is 9.78. The highest BCUT2D eigenvalue weighted by Crippen LogP contribution is 2.40. The van der Waals surface area contributed by atoms with E-state index in [9.17, 15) is 9.90 Å². The quantitative estimate of drug-likeness (QED) is 0.586. The van der Waals surface area contributed by atoms with Crippen molar-refractivity contribution in [1.82, 2.24) is 5.43 Å². The Hall–Kier alpha value is -1.49. The molecule has 0 bridgehead atoms. The maximum Gasteiger partial charge on any atom is 0.250 e. The topological polar surface area (TPSA) is 61.7 Å². The summed E-state index contributed by atoms with van der Waals surface area (Å²) in [5, 5.41) is 14.7. The Labute approximate surface area is 156 Å². The number of phenols is 1. The molecule has 25 heavy (non-hydrogen) atoms. The molecule has 140 valence electrons. The van der Waals surface area contributed by atoms with Crippen molar-refractivity contribution in [2.45, 2.75) is 72.0 Å². The number of thioether (sulfide) groups is 1. The molecule has 0 heterocycles. The second-order valence-electron chi connectivity index (χ2n) is 8.63. The molecule has 0 unspecified atom stereocenters. The third-order valence-electron chi connectivity index (χ3n) is 3.69. The number of carbonyl (C=O) groups excluding carboxylic acids is 1. The normalized spacial score (nSPS) is 12.0. The van der Waals surface area contributed by atoms with Gasteiger partial charge < -0.3 is 5.11 Å². The summed E-state index contributed by atoms with van der Waals surface area (Å²) in [5.41, 5.74) is 6.10. The van der Waals surface area contributed by atoms with Crippen LogP contribution in [-0.4, -0.2) is 22.5 Å². The highest BCUT2D eigenvalue weighted by Gasteiger charge is 2.26. The molecule has 1 amide bonds. The molecule has 0 aromatic heterocycles. The highest BCUT2D eigenvalue weighted by atomic mass is 32.2. The number of hydrogen-bond donors (Lipinski definition) is 2. The van der Waals surface area contributed by atoms with Gasteiger partial charge in [-0.05, 0) is 41.4 Å². The maximum atomic E-state index is 11.8. The van der Waals surface area contributed by atoms with Crippen molar-refractivity contribution in [2.24, 2.45) is 5.10 Å². The van der Waals surface area contributed by atoms with Crippen molar-refractivity contribution in [3.63, 3.8) is 0 Å². The lowest BCUT2D eigenvalue weighted by Crippen LogP contribution is -2.20. The van der Waals surface area contributed by atoms with Crippen LogP contribution in [0.3, 0.4) is 0 Å². The molecule has 0 aliphatic carbocycles. The number of aromatic hydroxyl groups is 1. The predicted molar refractivity (Wildman–Crippen MR) is 109 cm³/mol. The fourth-order valence-electron chi connectivity index (χ4n) is 2.39. The third kappa shape index (κ3) is 6.73. The van der Waals surface area contributed by atoms with E-state index in [0.29, 0.717) is 17.3 Å². The minimum absolute atomic E-state index is 0.0999. The molecule has 5 heteroatoms. The average molecular weight is 365 g/mol. The van der Waals surface area contributed by atoms with Gasteiger partial charge in [-0.1, -0.05) is 53.7 Å². The SMILES string of the molecule is CC(C)=NNC(=O)CSCc1cc(C(C)(C)C)c(O)c(C(C)(C)C)c1. The number of amides is 1. The van der Waals surface area contributed by atoms with E-state index in [1.807, 2.05) is 13.8 Å². The van der Waals surface area contributed by atoms with E-state index in [4.69, 9.17) is 0 Å². The van der Waals surface area contributed by atoms with Gasteiger partial charge in [0.1, 0.15) is 5.75 Å². The molecule has 0 saturated heterocycles. The van der Waals surface area contributed by atoms with Gasteiger partial charge in [-0.25, -0.2) is 5.43 Å². The van der Waals surface area contributed by atoms with Crippen LogP contribution in [0.4, 0.5) is 0 Å². The number of hydrogen-bond acceptors (Lipinski definition) is 4. The van der Waals surface area contributed by atoms with Gasteiger partial charge in [0.25, 0.3) is 0 Å². The van der Waals surface area contributed by atoms with Gasteiger partial charge in [0, 0.05) is 11.5 Å². The average Bonchev–Trinajstić information content (AvgIpc) is 2.44. The monoisotopic (exact) mass is 364 g/mol. The maximum absolute atomic E-state index is 11.8. The Morgan fingerprint density at radius 3 is 1.96 bits per heavy atom. The Bertz CT molecular complexity index is 614. The van der Waals surface area contributed by atoms with Crippen molar-refractivity contribution in [3.05, 3.63) is 28.8 Å². The van der Waals surface area contributed by atoms with Gasteiger partial charge >= 0.3 is 0 Å². The van der Waals surface area contributed by atoms with Crippen LogP contribution in [0.5, 0.6) is 5.75 Å². The molecule has 1 rings (SSSR count). The van der Waals surface area contributed by atoms with Crippen LogP contribution in [0.25, 0.3) is 0 Å². The van der Waals surface area contributed by atoms with Crippen molar-refractivity contribution < 1.29 is 9.90 Å². The zero-order valence-electron chi connectivity index (χ0n) is 16.8. The van der Waals surface area contributed by atoms with E-state index in [0.717, 1.165) is 22.4 Å². The first-order chi connectivity index (χ1) is 11.3.